The van der Waals surface area contributed by atoms with Crippen molar-refractivity contribution in [2.24, 2.45) is 45.8 Å². The third kappa shape index (κ3) is 6.82. The Morgan fingerprint density at radius 3 is 2.33 bits per heavy atom. The second-order valence-electron chi connectivity index (χ2n) is 18.7. The molecule has 4 N–H and O–H groups in total. The highest BCUT2D eigenvalue weighted by Gasteiger charge is 2.68. The Morgan fingerprint density at radius 2 is 1.62 bits per heavy atom. The monoisotopic (exact) mass is 801 g/mol. The summed E-state index contributed by atoms with van der Waals surface area (Å²) in [5, 5.41) is 42.3. The highest BCUT2D eigenvalue weighted by atomic mass is 35.5. The molecule has 5 saturated carbocycles. The number of alkyl halides is 2. The first-order valence-electron chi connectivity index (χ1n) is 20.8. The van der Waals surface area contributed by atoms with Gasteiger partial charge in [0.1, 0.15) is 18.0 Å². The average Bonchev–Trinajstić information content (AvgIpc) is 3.62. The van der Waals surface area contributed by atoms with Gasteiger partial charge in [0.25, 0.3) is 0 Å². The molecule has 1 amide bonds. The number of carbonyl (C=O) groups is 3. The summed E-state index contributed by atoms with van der Waals surface area (Å²) < 4.78 is 5.62. The summed E-state index contributed by atoms with van der Waals surface area (Å²) >= 11 is 11.6. The largest absolute Gasteiger partial charge is 0.415 e. The molecule has 0 bridgehead atoms. The molecule has 11 heteroatoms. The molecule has 0 spiro atoms. The fourth-order valence-electron chi connectivity index (χ4n) is 13.5. The molecule has 0 unspecified atom stereocenters. The van der Waals surface area contributed by atoms with Crippen molar-refractivity contribution in [1.82, 2.24) is 4.90 Å². The maximum Gasteiger partial charge on any atom is 0.415 e. The number of ketones is 2. The van der Waals surface area contributed by atoms with E-state index < -0.39 is 35.6 Å². The zero-order chi connectivity index (χ0) is 39.5. The van der Waals surface area contributed by atoms with Crippen LogP contribution in [0.25, 0.3) is 0 Å². The van der Waals surface area contributed by atoms with Crippen molar-refractivity contribution in [2.75, 3.05) is 31.5 Å². The minimum Gasteiger partial charge on any atom is -0.410 e. The Bertz CT molecular complexity index is 1680. The summed E-state index contributed by atoms with van der Waals surface area (Å²) in [7, 11) is 0. The average molecular weight is 803 g/mol. The summed E-state index contributed by atoms with van der Waals surface area (Å²) in [5.41, 5.74) is 1.59. The summed E-state index contributed by atoms with van der Waals surface area (Å²) in [4.78, 5) is 38.2. The fraction of sp³-hybridized carbons (Fsp3) is 0.750. The second kappa shape index (κ2) is 15.6. The number of aryl methyl sites for hydroxylation is 1. The number of benzene rings is 1. The summed E-state index contributed by atoms with van der Waals surface area (Å²) in [5.74, 6) is 3.30. The quantitative estimate of drug-likeness (QED) is 0.217. The topological polar surface area (TPSA) is 145 Å². The molecule has 0 radical (unpaired) electrons. The van der Waals surface area contributed by atoms with Crippen LogP contribution in [0.1, 0.15) is 115 Å². The molecular weight excluding hydrogens is 741 g/mol. The summed E-state index contributed by atoms with van der Waals surface area (Å²) in [6, 6.07) is 6.13. The Labute approximate surface area is 336 Å². The van der Waals surface area contributed by atoms with Crippen LogP contribution >= 0.6 is 23.2 Å². The lowest BCUT2D eigenvalue weighted by Crippen LogP contribution is -2.62. The van der Waals surface area contributed by atoms with E-state index in [2.05, 4.69) is 19.9 Å². The van der Waals surface area contributed by atoms with Crippen molar-refractivity contribution in [3.8, 4) is 5.75 Å². The Kier molecular flexibility index (Phi) is 11.7. The normalized spacial score (nSPS) is 41.2. The van der Waals surface area contributed by atoms with E-state index in [1.807, 2.05) is 19.1 Å². The number of rotatable bonds is 7. The lowest BCUT2D eigenvalue weighted by Gasteiger charge is -2.60. The van der Waals surface area contributed by atoms with Crippen molar-refractivity contribution in [2.45, 2.75) is 128 Å². The standard InChI is InChI=1S/C23H31Cl2NO3.C21H30O5/c1-23-9-8-18-17-5-3-16(29-22(28)26(12-10-24)13-11-25)14-15(17)2-4-19(18)20(23)6-7-21(23)27;1-19-7-5-13(23)9-12(19)3-4-14-15-6-8-21(26,17(25)11-22)20(15,2)10-16(24)18(14)19/h3,5,14,18-21,27H,2,4,6-13H2,1H3;9,14-16,18,22,24,26H,3-8,10-11H2,1-2H3/t18-,19-,20+,21+,23+;14-,15-,16-,18+,19-,20-,21-/m10/s1. The number of hydrogen-bond acceptors (Lipinski definition) is 8. The zero-order valence-corrected chi connectivity index (χ0v) is 34.3. The number of ether oxygens (including phenoxy) is 1. The molecule has 0 heterocycles. The molecule has 0 saturated heterocycles. The van der Waals surface area contributed by atoms with Crippen LogP contribution in [0.4, 0.5) is 4.79 Å². The van der Waals surface area contributed by atoms with Crippen molar-refractivity contribution in [1.29, 1.82) is 0 Å². The highest BCUT2D eigenvalue weighted by molar-refractivity contribution is 6.18. The predicted molar refractivity (Wildman–Crippen MR) is 211 cm³/mol. The van der Waals surface area contributed by atoms with Gasteiger partial charge in [-0.1, -0.05) is 32.4 Å². The minimum atomic E-state index is -1.54. The van der Waals surface area contributed by atoms with Crippen LogP contribution in [0.5, 0.6) is 5.75 Å². The Balaban J connectivity index is 0.000000170. The lowest BCUT2D eigenvalue weighted by atomic mass is 9.45. The molecule has 7 aliphatic rings. The second-order valence-corrected chi connectivity index (χ2v) is 19.5. The number of Topliss-reactive ketones (excluding diaryl/α,β-unsaturated/α-hetero) is 1. The van der Waals surface area contributed by atoms with Gasteiger partial charge in [0.05, 0.1) is 12.2 Å². The van der Waals surface area contributed by atoms with E-state index in [1.54, 1.807) is 11.0 Å². The van der Waals surface area contributed by atoms with Gasteiger partial charge in [-0.2, -0.15) is 0 Å². The first-order chi connectivity index (χ1) is 26.1. The van der Waals surface area contributed by atoms with Gasteiger partial charge in [-0.05, 0) is 153 Å². The van der Waals surface area contributed by atoms with Gasteiger partial charge in [-0.25, -0.2) is 4.79 Å². The number of fused-ring (bicyclic) bond motifs is 10. The van der Waals surface area contributed by atoms with Gasteiger partial charge >= 0.3 is 6.09 Å². The molecule has 1 aromatic rings. The predicted octanol–water partition coefficient (Wildman–Crippen LogP) is 6.96. The smallest absolute Gasteiger partial charge is 0.410 e. The molecule has 1 aromatic carbocycles. The number of aliphatic hydroxyl groups is 4. The van der Waals surface area contributed by atoms with Crippen molar-refractivity contribution in [3.63, 3.8) is 0 Å². The first-order valence-corrected chi connectivity index (χ1v) is 21.9. The number of hydrogen-bond donors (Lipinski definition) is 4. The maximum absolute atomic E-state index is 12.4. The number of allylic oxidation sites excluding steroid dienone is 1. The molecule has 9 nitrogen and oxygen atoms in total. The molecule has 304 valence electrons. The Morgan fingerprint density at radius 1 is 0.891 bits per heavy atom. The van der Waals surface area contributed by atoms with Crippen LogP contribution in [-0.2, 0) is 16.0 Å². The van der Waals surface area contributed by atoms with Crippen LogP contribution in [-0.4, -0.2) is 92.3 Å². The zero-order valence-electron chi connectivity index (χ0n) is 32.8. The molecule has 0 aromatic heterocycles. The van der Waals surface area contributed by atoms with Gasteiger partial charge in [0.2, 0.25) is 0 Å². The lowest BCUT2D eigenvalue weighted by molar-refractivity contribution is -0.182. The third-order valence-corrected chi connectivity index (χ3v) is 16.8. The number of nitrogens with zero attached hydrogens (tertiary/aromatic N) is 1. The van der Waals surface area contributed by atoms with Gasteiger partial charge in [0, 0.05) is 36.7 Å². The van der Waals surface area contributed by atoms with Crippen molar-refractivity contribution < 1.29 is 39.5 Å². The highest BCUT2D eigenvalue weighted by Crippen LogP contribution is 2.68. The molecule has 55 heavy (non-hydrogen) atoms. The van der Waals surface area contributed by atoms with Crippen LogP contribution in [0.2, 0.25) is 0 Å². The number of aliphatic hydroxyl groups excluding tert-OH is 3. The maximum atomic E-state index is 12.4. The van der Waals surface area contributed by atoms with Gasteiger partial charge in [0.15, 0.2) is 11.6 Å². The molecular formula is C44H61Cl2NO8. The van der Waals surface area contributed by atoms with E-state index in [9.17, 15) is 34.8 Å². The van der Waals surface area contributed by atoms with Crippen LogP contribution in [0.15, 0.2) is 29.8 Å². The van der Waals surface area contributed by atoms with E-state index in [0.29, 0.717) is 67.6 Å². The van der Waals surface area contributed by atoms with Crippen molar-refractivity contribution >= 4 is 40.9 Å². The number of carbonyl (C=O) groups excluding carboxylic acids is 3. The molecule has 7 aliphatic carbocycles. The summed E-state index contributed by atoms with van der Waals surface area (Å²) in [6.45, 7) is 6.61. The third-order valence-electron chi connectivity index (χ3n) is 16.5. The Hall–Kier alpha value is -2.01. The van der Waals surface area contributed by atoms with E-state index in [4.69, 9.17) is 27.9 Å². The van der Waals surface area contributed by atoms with E-state index in [-0.39, 0.29) is 40.5 Å². The molecule has 12 atom stereocenters. The fourth-order valence-corrected chi connectivity index (χ4v) is 13.9. The SMILES string of the molecule is C[C@]12CCC(=O)C=C1CC[C@@H]1[C@@H]2[C@@H](O)C[C@@]2(C)[C@H]1CC[C@]2(O)C(=O)CO.C[C@]12CC[C@@H]3c4ccc(OC(=O)N(CCCl)CCCl)cc4CC[C@H]3[C@@H]1CC[C@@H]2O. The minimum absolute atomic E-state index is 0.0697. The van der Waals surface area contributed by atoms with Crippen molar-refractivity contribution in [3.05, 3.63) is 41.0 Å². The summed E-state index contributed by atoms with van der Waals surface area (Å²) in [6.07, 6.45) is 11.7. The van der Waals surface area contributed by atoms with Crippen LogP contribution < -0.4 is 4.74 Å². The van der Waals surface area contributed by atoms with Gasteiger partial charge in [-0.15, -0.1) is 23.2 Å². The van der Waals surface area contributed by atoms with E-state index in [1.165, 1.54) is 16.7 Å². The van der Waals surface area contributed by atoms with Crippen LogP contribution in [0.3, 0.4) is 0 Å². The van der Waals surface area contributed by atoms with E-state index in [0.717, 1.165) is 64.2 Å². The molecule has 8 rings (SSSR count). The van der Waals surface area contributed by atoms with Crippen LogP contribution in [0, 0.1) is 45.8 Å². The van der Waals surface area contributed by atoms with E-state index >= 15 is 0 Å². The van der Waals surface area contributed by atoms with Gasteiger partial charge in [-0.3, -0.25) is 9.59 Å². The first kappa shape index (κ1) is 41.2. The number of halogens is 2. The van der Waals surface area contributed by atoms with Gasteiger partial charge < -0.3 is 30.1 Å². The molecule has 0 aliphatic heterocycles. The number of amides is 1. The molecule has 5 fully saturated rings.